The summed E-state index contributed by atoms with van der Waals surface area (Å²) in [5.74, 6) is 0.637. The number of hydrogen-bond acceptors (Lipinski definition) is 2. The van der Waals surface area contributed by atoms with Crippen molar-refractivity contribution < 1.29 is 9.13 Å². The summed E-state index contributed by atoms with van der Waals surface area (Å²) in [5, 5.41) is 6.54. The van der Waals surface area contributed by atoms with Crippen LogP contribution in [0.1, 0.15) is 38.2 Å². The quantitative estimate of drug-likeness (QED) is 0.461. The molecule has 23 heavy (non-hydrogen) atoms. The van der Waals surface area contributed by atoms with E-state index in [2.05, 4.69) is 17.6 Å². The lowest BCUT2D eigenvalue weighted by atomic mass is 9.79. The van der Waals surface area contributed by atoms with Gasteiger partial charge in [0.15, 0.2) is 5.96 Å². The first kappa shape index (κ1) is 17.7. The summed E-state index contributed by atoms with van der Waals surface area (Å²) in [6.07, 6.45) is 4.64. The highest BCUT2D eigenvalue weighted by Crippen LogP contribution is 2.41. The molecule has 4 nitrogen and oxygen atoms in total. The third-order valence-corrected chi connectivity index (χ3v) is 4.50. The van der Waals surface area contributed by atoms with Crippen LogP contribution in [0.5, 0.6) is 0 Å². The van der Waals surface area contributed by atoms with Gasteiger partial charge in [-0.1, -0.05) is 25.0 Å². The molecule has 0 amide bonds. The maximum atomic E-state index is 13.2. The normalized spacial score (nSPS) is 17.3. The minimum Gasteiger partial charge on any atom is -0.383 e. The van der Waals surface area contributed by atoms with Gasteiger partial charge < -0.3 is 15.4 Å². The van der Waals surface area contributed by atoms with Gasteiger partial charge in [0.2, 0.25) is 0 Å². The molecule has 1 aliphatic rings. The van der Waals surface area contributed by atoms with E-state index in [1.54, 1.807) is 19.2 Å². The van der Waals surface area contributed by atoms with Crippen molar-refractivity contribution in [3.63, 3.8) is 0 Å². The van der Waals surface area contributed by atoms with Crippen molar-refractivity contribution >= 4 is 5.96 Å². The highest BCUT2D eigenvalue weighted by molar-refractivity contribution is 5.79. The largest absolute Gasteiger partial charge is 0.383 e. The number of guanidine groups is 1. The van der Waals surface area contributed by atoms with Crippen LogP contribution in [-0.2, 0) is 10.2 Å². The van der Waals surface area contributed by atoms with Gasteiger partial charge in [-0.25, -0.2) is 4.39 Å². The average molecular weight is 321 g/mol. The van der Waals surface area contributed by atoms with Crippen LogP contribution in [0.2, 0.25) is 0 Å². The highest BCUT2D eigenvalue weighted by Gasteiger charge is 2.35. The summed E-state index contributed by atoms with van der Waals surface area (Å²) in [5.41, 5.74) is 1.24. The molecule has 0 aromatic heterocycles. The Morgan fingerprint density at radius 3 is 2.52 bits per heavy atom. The summed E-state index contributed by atoms with van der Waals surface area (Å²) in [6.45, 7) is 4.97. The zero-order chi connectivity index (χ0) is 16.5. The second-order valence-corrected chi connectivity index (χ2v) is 6.11. The molecule has 0 atom stereocenters. The summed E-state index contributed by atoms with van der Waals surface area (Å²) in [4.78, 5) is 4.78. The van der Waals surface area contributed by atoms with Crippen molar-refractivity contribution in [1.82, 2.24) is 10.6 Å². The number of nitrogens with zero attached hydrogens (tertiary/aromatic N) is 1. The molecule has 1 aliphatic carbocycles. The molecule has 0 aliphatic heterocycles. The maximum absolute atomic E-state index is 13.2. The van der Waals surface area contributed by atoms with Crippen LogP contribution in [0.25, 0.3) is 0 Å². The SMILES string of the molecule is CCNC(=NCC1(c2ccc(F)cc2)CCCC1)NCCOC. The third kappa shape index (κ3) is 4.93. The van der Waals surface area contributed by atoms with Gasteiger partial charge in [-0.05, 0) is 37.5 Å². The fourth-order valence-electron chi connectivity index (χ4n) is 3.24. The summed E-state index contributed by atoms with van der Waals surface area (Å²) in [7, 11) is 1.69. The van der Waals surface area contributed by atoms with Gasteiger partial charge in [0.1, 0.15) is 5.82 Å². The van der Waals surface area contributed by atoms with Crippen LogP contribution < -0.4 is 10.6 Å². The predicted octanol–water partition coefficient (Wildman–Crippen LogP) is 2.84. The van der Waals surface area contributed by atoms with E-state index >= 15 is 0 Å². The van der Waals surface area contributed by atoms with Crippen molar-refractivity contribution in [3.8, 4) is 0 Å². The van der Waals surface area contributed by atoms with Crippen LogP contribution in [0.4, 0.5) is 4.39 Å². The van der Waals surface area contributed by atoms with E-state index in [4.69, 9.17) is 9.73 Å². The van der Waals surface area contributed by atoms with E-state index in [0.29, 0.717) is 6.61 Å². The standard InChI is InChI=1S/C18H28FN3O/c1-3-20-17(21-12-13-23-2)22-14-18(10-4-5-11-18)15-6-8-16(19)9-7-15/h6-9H,3-5,10-14H2,1-2H3,(H2,20,21,22). The second kappa shape index (κ2) is 8.87. The Morgan fingerprint density at radius 2 is 1.91 bits per heavy atom. The third-order valence-electron chi connectivity index (χ3n) is 4.50. The van der Waals surface area contributed by atoms with Crippen molar-refractivity contribution in [2.45, 2.75) is 38.0 Å². The van der Waals surface area contributed by atoms with Crippen molar-refractivity contribution in [3.05, 3.63) is 35.6 Å². The van der Waals surface area contributed by atoms with Gasteiger partial charge in [-0.2, -0.15) is 0 Å². The Kier molecular flexibility index (Phi) is 6.84. The number of nitrogens with one attached hydrogen (secondary N) is 2. The van der Waals surface area contributed by atoms with Crippen molar-refractivity contribution in [2.75, 3.05) is 33.4 Å². The van der Waals surface area contributed by atoms with Gasteiger partial charge in [0.05, 0.1) is 13.2 Å². The van der Waals surface area contributed by atoms with Crippen LogP contribution in [0, 0.1) is 5.82 Å². The summed E-state index contributed by atoms with van der Waals surface area (Å²) >= 11 is 0. The minimum atomic E-state index is -0.181. The van der Waals surface area contributed by atoms with E-state index in [1.165, 1.54) is 18.4 Å². The van der Waals surface area contributed by atoms with Crippen LogP contribution in [0.3, 0.4) is 0 Å². The Morgan fingerprint density at radius 1 is 1.22 bits per heavy atom. The number of aliphatic imine (C=N–C) groups is 1. The predicted molar refractivity (Wildman–Crippen MR) is 92.4 cm³/mol. The minimum absolute atomic E-state index is 0.0390. The van der Waals surface area contributed by atoms with E-state index in [1.807, 2.05) is 12.1 Å². The first-order chi connectivity index (χ1) is 11.2. The molecule has 5 heteroatoms. The molecule has 2 rings (SSSR count). The molecule has 1 saturated carbocycles. The van der Waals surface area contributed by atoms with Gasteiger partial charge in [-0.3, -0.25) is 4.99 Å². The lowest BCUT2D eigenvalue weighted by Crippen LogP contribution is -2.40. The lowest BCUT2D eigenvalue weighted by molar-refractivity contribution is 0.203. The first-order valence-electron chi connectivity index (χ1n) is 8.47. The zero-order valence-corrected chi connectivity index (χ0v) is 14.2. The van der Waals surface area contributed by atoms with E-state index in [9.17, 15) is 4.39 Å². The van der Waals surface area contributed by atoms with Crippen LogP contribution in [0.15, 0.2) is 29.3 Å². The van der Waals surface area contributed by atoms with Crippen LogP contribution >= 0.6 is 0 Å². The fraction of sp³-hybridized carbons (Fsp3) is 0.611. The Hall–Kier alpha value is -1.62. The van der Waals surface area contributed by atoms with Gasteiger partial charge in [-0.15, -0.1) is 0 Å². The van der Waals surface area contributed by atoms with Crippen molar-refractivity contribution in [1.29, 1.82) is 0 Å². The highest BCUT2D eigenvalue weighted by atomic mass is 19.1. The topological polar surface area (TPSA) is 45.7 Å². The molecule has 1 aromatic rings. The monoisotopic (exact) mass is 321 g/mol. The van der Waals surface area contributed by atoms with Gasteiger partial charge >= 0.3 is 0 Å². The molecule has 0 saturated heterocycles. The molecule has 2 N–H and O–H groups in total. The molecule has 0 unspecified atom stereocenters. The Balaban J connectivity index is 2.10. The molecule has 1 aromatic carbocycles. The number of benzene rings is 1. The Labute approximate surface area is 138 Å². The summed E-state index contributed by atoms with van der Waals surface area (Å²) < 4.78 is 18.3. The molecule has 1 fully saturated rings. The molecule has 128 valence electrons. The smallest absolute Gasteiger partial charge is 0.191 e. The molecule has 0 heterocycles. The first-order valence-corrected chi connectivity index (χ1v) is 8.47. The zero-order valence-electron chi connectivity index (χ0n) is 14.2. The number of halogens is 1. The van der Waals surface area contributed by atoms with E-state index < -0.39 is 0 Å². The number of ether oxygens (including phenoxy) is 1. The van der Waals surface area contributed by atoms with Gasteiger partial charge in [0, 0.05) is 25.6 Å². The number of methoxy groups -OCH3 is 1. The summed E-state index contributed by atoms with van der Waals surface area (Å²) in [6, 6.07) is 6.95. The number of hydrogen-bond donors (Lipinski definition) is 2. The second-order valence-electron chi connectivity index (χ2n) is 6.11. The lowest BCUT2D eigenvalue weighted by Gasteiger charge is -2.28. The van der Waals surface area contributed by atoms with Crippen LogP contribution in [-0.4, -0.2) is 39.3 Å². The van der Waals surface area contributed by atoms with E-state index in [-0.39, 0.29) is 11.2 Å². The molecular weight excluding hydrogens is 293 g/mol. The molecular formula is C18H28FN3O. The van der Waals surface area contributed by atoms with Crippen molar-refractivity contribution in [2.24, 2.45) is 4.99 Å². The maximum Gasteiger partial charge on any atom is 0.191 e. The molecule has 0 spiro atoms. The van der Waals surface area contributed by atoms with E-state index in [0.717, 1.165) is 38.4 Å². The molecule has 0 radical (unpaired) electrons. The van der Waals surface area contributed by atoms with Gasteiger partial charge in [0.25, 0.3) is 0 Å². The average Bonchev–Trinajstić information content (AvgIpc) is 3.03. The molecule has 0 bridgehead atoms. The fourth-order valence-corrected chi connectivity index (χ4v) is 3.24. The Bertz CT molecular complexity index is 495. The number of rotatable bonds is 7.